The van der Waals surface area contributed by atoms with Gasteiger partial charge in [0.2, 0.25) is 10.0 Å². The molecule has 138 valence electrons. The number of amides is 1. The maximum atomic E-state index is 12.2. The largest absolute Gasteiger partial charge is 0.468 e. The number of benzene rings is 2. The van der Waals surface area contributed by atoms with E-state index in [1.165, 1.54) is 31.4 Å². The number of sulfonamides is 1. The topological polar surface area (TPSA) is 102 Å². The maximum Gasteiger partial charge on any atom is 0.320 e. The Kier molecular flexibility index (Phi) is 6.78. The van der Waals surface area contributed by atoms with E-state index in [-0.39, 0.29) is 10.8 Å². The van der Waals surface area contributed by atoms with E-state index < -0.39 is 22.5 Å². The van der Waals surface area contributed by atoms with E-state index >= 15 is 0 Å². The minimum Gasteiger partial charge on any atom is -0.468 e. The number of hydrogen-bond donors (Lipinski definition) is 2. The van der Waals surface area contributed by atoms with Crippen molar-refractivity contribution in [2.45, 2.75) is 9.79 Å². The van der Waals surface area contributed by atoms with Gasteiger partial charge < -0.3 is 10.1 Å². The van der Waals surface area contributed by atoms with E-state index in [2.05, 4.69) is 14.8 Å². The molecule has 26 heavy (non-hydrogen) atoms. The van der Waals surface area contributed by atoms with E-state index in [0.717, 1.165) is 4.90 Å². The SMILES string of the molecule is COC(=O)CNS(=O)(=O)c1ccc(NC(=O)c2ccc(SC)cc2)cc1. The molecule has 2 N–H and O–H groups in total. The molecule has 0 fully saturated rings. The molecule has 0 bridgehead atoms. The number of nitrogens with one attached hydrogen (secondary N) is 2. The van der Waals surface area contributed by atoms with E-state index in [0.29, 0.717) is 11.3 Å². The highest BCUT2D eigenvalue weighted by atomic mass is 32.2. The van der Waals surface area contributed by atoms with Gasteiger partial charge in [-0.1, -0.05) is 0 Å². The van der Waals surface area contributed by atoms with E-state index in [9.17, 15) is 18.0 Å². The lowest BCUT2D eigenvalue weighted by atomic mass is 10.2. The second-order valence-electron chi connectivity index (χ2n) is 5.11. The fourth-order valence-corrected chi connectivity index (χ4v) is 3.35. The number of methoxy groups -OCH3 is 1. The van der Waals surface area contributed by atoms with E-state index in [1.54, 1.807) is 23.9 Å². The van der Waals surface area contributed by atoms with Crippen molar-refractivity contribution in [2.24, 2.45) is 0 Å². The molecule has 1 amide bonds. The number of carbonyl (C=O) groups excluding carboxylic acids is 2. The third-order valence-electron chi connectivity index (χ3n) is 3.41. The summed E-state index contributed by atoms with van der Waals surface area (Å²) in [6, 6.07) is 12.8. The number of ether oxygens (including phenoxy) is 1. The summed E-state index contributed by atoms with van der Waals surface area (Å²) in [6.07, 6.45) is 1.95. The molecule has 0 aliphatic heterocycles. The molecule has 2 aromatic rings. The average Bonchev–Trinajstić information content (AvgIpc) is 2.66. The Morgan fingerprint density at radius 3 is 2.19 bits per heavy atom. The maximum absolute atomic E-state index is 12.2. The molecule has 0 radical (unpaired) electrons. The van der Waals surface area contributed by atoms with Crippen molar-refractivity contribution in [3.8, 4) is 0 Å². The van der Waals surface area contributed by atoms with Crippen LogP contribution in [-0.2, 0) is 19.6 Å². The highest BCUT2D eigenvalue weighted by molar-refractivity contribution is 7.98. The lowest BCUT2D eigenvalue weighted by Crippen LogP contribution is -2.30. The predicted octanol–water partition coefficient (Wildman–Crippen LogP) is 2.11. The van der Waals surface area contributed by atoms with Crippen molar-refractivity contribution >= 4 is 39.3 Å². The summed E-state index contributed by atoms with van der Waals surface area (Å²) in [5, 5.41) is 2.70. The van der Waals surface area contributed by atoms with Crippen molar-refractivity contribution < 1.29 is 22.7 Å². The average molecular weight is 394 g/mol. The number of hydrogen-bond acceptors (Lipinski definition) is 6. The van der Waals surface area contributed by atoms with Crippen molar-refractivity contribution in [1.82, 2.24) is 4.72 Å². The first-order valence-electron chi connectivity index (χ1n) is 7.47. The Morgan fingerprint density at radius 2 is 1.65 bits per heavy atom. The minimum absolute atomic E-state index is 0.0243. The van der Waals surface area contributed by atoms with Crippen LogP contribution in [-0.4, -0.2) is 40.2 Å². The van der Waals surface area contributed by atoms with Crippen LogP contribution in [0, 0.1) is 0 Å². The molecule has 0 aromatic heterocycles. The number of anilines is 1. The third kappa shape index (κ3) is 5.32. The first kappa shape index (κ1) is 20.0. The molecule has 7 nitrogen and oxygen atoms in total. The summed E-state index contributed by atoms with van der Waals surface area (Å²) in [4.78, 5) is 24.3. The van der Waals surface area contributed by atoms with Crippen LogP contribution >= 0.6 is 11.8 Å². The summed E-state index contributed by atoms with van der Waals surface area (Å²) >= 11 is 1.58. The normalized spacial score (nSPS) is 11.0. The summed E-state index contributed by atoms with van der Waals surface area (Å²) in [7, 11) is -2.67. The highest BCUT2D eigenvalue weighted by Crippen LogP contribution is 2.17. The molecule has 0 atom stereocenters. The molecule has 0 spiro atoms. The predicted molar refractivity (Wildman–Crippen MR) is 99.8 cm³/mol. The minimum atomic E-state index is -3.84. The van der Waals surface area contributed by atoms with Crippen molar-refractivity contribution in [3.05, 3.63) is 54.1 Å². The third-order valence-corrected chi connectivity index (χ3v) is 5.57. The van der Waals surface area contributed by atoms with E-state index in [4.69, 9.17) is 0 Å². The van der Waals surface area contributed by atoms with Gasteiger partial charge in [0.05, 0.1) is 12.0 Å². The molecule has 0 unspecified atom stereocenters. The van der Waals surface area contributed by atoms with Gasteiger partial charge >= 0.3 is 5.97 Å². The van der Waals surface area contributed by atoms with Crippen LogP contribution in [0.4, 0.5) is 5.69 Å². The zero-order valence-corrected chi connectivity index (χ0v) is 15.8. The van der Waals surface area contributed by atoms with Crippen LogP contribution < -0.4 is 10.0 Å². The Labute approximate surface area is 156 Å². The molecule has 0 aliphatic rings. The summed E-state index contributed by atoms with van der Waals surface area (Å²) in [5.74, 6) is -0.984. The van der Waals surface area contributed by atoms with Gasteiger partial charge in [0, 0.05) is 16.1 Å². The number of thioether (sulfide) groups is 1. The smallest absolute Gasteiger partial charge is 0.320 e. The van der Waals surface area contributed by atoms with Gasteiger partial charge in [-0.25, -0.2) is 8.42 Å². The van der Waals surface area contributed by atoms with Crippen LogP contribution in [0.1, 0.15) is 10.4 Å². The molecule has 0 aliphatic carbocycles. The Balaban J connectivity index is 2.04. The van der Waals surface area contributed by atoms with Crippen LogP contribution in [0.5, 0.6) is 0 Å². The van der Waals surface area contributed by atoms with Crippen molar-refractivity contribution in [1.29, 1.82) is 0 Å². The van der Waals surface area contributed by atoms with Gasteiger partial charge in [-0.05, 0) is 54.8 Å². The first-order chi connectivity index (χ1) is 12.4. The van der Waals surface area contributed by atoms with Gasteiger partial charge in [0.15, 0.2) is 0 Å². The second kappa shape index (κ2) is 8.84. The summed E-state index contributed by atoms with van der Waals surface area (Å²) in [5.41, 5.74) is 0.954. The van der Waals surface area contributed by atoms with Gasteiger partial charge in [-0.3, -0.25) is 9.59 Å². The van der Waals surface area contributed by atoms with Gasteiger partial charge in [-0.15, -0.1) is 11.8 Å². The van der Waals surface area contributed by atoms with E-state index in [1.807, 2.05) is 18.4 Å². The molecule has 0 saturated heterocycles. The van der Waals surface area contributed by atoms with Gasteiger partial charge in [0.1, 0.15) is 6.54 Å². The first-order valence-corrected chi connectivity index (χ1v) is 10.2. The molecule has 0 heterocycles. The fourth-order valence-electron chi connectivity index (χ4n) is 1.97. The zero-order chi connectivity index (χ0) is 19.2. The highest BCUT2D eigenvalue weighted by Gasteiger charge is 2.16. The molecule has 2 aromatic carbocycles. The fraction of sp³-hybridized carbons (Fsp3) is 0.176. The van der Waals surface area contributed by atoms with Crippen LogP contribution in [0.15, 0.2) is 58.3 Å². The Hall–Kier alpha value is -2.36. The van der Waals surface area contributed by atoms with Gasteiger partial charge in [0.25, 0.3) is 5.91 Å². The molecular formula is C17H18N2O5S2. The summed E-state index contributed by atoms with van der Waals surface area (Å²) < 4.78 is 30.6. The number of carbonyl (C=O) groups is 2. The standard InChI is InChI=1S/C17H18N2O5S2/c1-24-16(20)11-18-26(22,23)15-9-5-13(6-10-15)19-17(21)12-3-7-14(25-2)8-4-12/h3-10,18H,11H2,1-2H3,(H,19,21). The van der Waals surface area contributed by atoms with Crippen LogP contribution in [0.3, 0.4) is 0 Å². The molecule has 2 rings (SSSR count). The number of rotatable bonds is 7. The van der Waals surface area contributed by atoms with Gasteiger partial charge in [-0.2, -0.15) is 4.72 Å². The Morgan fingerprint density at radius 1 is 1.04 bits per heavy atom. The van der Waals surface area contributed by atoms with Crippen LogP contribution in [0.2, 0.25) is 0 Å². The lowest BCUT2D eigenvalue weighted by molar-refractivity contribution is -0.139. The van der Waals surface area contributed by atoms with Crippen molar-refractivity contribution in [3.63, 3.8) is 0 Å². The second-order valence-corrected chi connectivity index (χ2v) is 7.75. The molecule has 9 heteroatoms. The summed E-state index contributed by atoms with van der Waals surface area (Å²) in [6.45, 7) is -0.455. The Bertz CT molecular complexity index is 878. The lowest BCUT2D eigenvalue weighted by Gasteiger charge is -2.08. The molecule has 0 saturated carbocycles. The quantitative estimate of drug-likeness (QED) is 0.551. The monoisotopic (exact) mass is 394 g/mol. The van der Waals surface area contributed by atoms with Crippen LogP contribution in [0.25, 0.3) is 0 Å². The molecular weight excluding hydrogens is 376 g/mol. The van der Waals surface area contributed by atoms with Crippen molar-refractivity contribution in [2.75, 3.05) is 25.2 Å². The number of esters is 1. The zero-order valence-electron chi connectivity index (χ0n) is 14.2.